The lowest BCUT2D eigenvalue weighted by Gasteiger charge is -2.15. The SMILES string of the molecule is COCCC(=O)N1CCC(c2cc(C(=O)O)n[nH]2)C1. The summed E-state index contributed by atoms with van der Waals surface area (Å²) >= 11 is 0. The number of carboxylic acids is 1. The number of nitrogens with one attached hydrogen (secondary N) is 1. The first-order chi connectivity index (χ1) is 9.11. The summed E-state index contributed by atoms with van der Waals surface area (Å²) in [6, 6.07) is 1.54. The highest BCUT2D eigenvalue weighted by Gasteiger charge is 2.28. The maximum atomic E-state index is 11.8. The second-order valence-electron chi connectivity index (χ2n) is 4.58. The number of ether oxygens (including phenoxy) is 1. The second kappa shape index (κ2) is 5.83. The zero-order valence-electron chi connectivity index (χ0n) is 10.8. The number of nitrogens with zero attached hydrogens (tertiary/aromatic N) is 2. The van der Waals surface area contributed by atoms with Crippen LogP contribution in [0.15, 0.2) is 6.07 Å². The third kappa shape index (κ3) is 3.11. The van der Waals surface area contributed by atoms with E-state index >= 15 is 0 Å². The van der Waals surface area contributed by atoms with E-state index in [1.807, 2.05) is 0 Å². The normalized spacial score (nSPS) is 18.8. The maximum Gasteiger partial charge on any atom is 0.356 e. The average molecular weight is 267 g/mol. The Morgan fingerprint density at radius 1 is 1.63 bits per heavy atom. The monoisotopic (exact) mass is 267 g/mol. The molecule has 1 aromatic rings. The number of methoxy groups -OCH3 is 1. The van der Waals surface area contributed by atoms with Crippen molar-refractivity contribution >= 4 is 11.9 Å². The van der Waals surface area contributed by atoms with Crippen LogP contribution in [-0.2, 0) is 9.53 Å². The van der Waals surface area contributed by atoms with Gasteiger partial charge < -0.3 is 14.7 Å². The number of hydrogen-bond donors (Lipinski definition) is 2. The fourth-order valence-corrected chi connectivity index (χ4v) is 2.24. The topological polar surface area (TPSA) is 95.5 Å². The Labute approximate surface area is 110 Å². The molecular weight excluding hydrogens is 250 g/mol. The first kappa shape index (κ1) is 13.5. The molecule has 0 aliphatic carbocycles. The van der Waals surface area contributed by atoms with E-state index in [0.29, 0.717) is 26.1 Å². The summed E-state index contributed by atoms with van der Waals surface area (Å²) < 4.78 is 4.88. The van der Waals surface area contributed by atoms with Gasteiger partial charge in [-0.05, 0) is 12.5 Å². The van der Waals surface area contributed by atoms with Crippen molar-refractivity contribution < 1.29 is 19.4 Å². The number of amides is 1. The van der Waals surface area contributed by atoms with Gasteiger partial charge in [-0.2, -0.15) is 5.10 Å². The highest BCUT2D eigenvalue weighted by Crippen LogP contribution is 2.26. The number of hydrogen-bond acceptors (Lipinski definition) is 4. The lowest BCUT2D eigenvalue weighted by atomic mass is 10.1. The number of aromatic amines is 1. The maximum absolute atomic E-state index is 11.8. The number of aromatic carboxylic acids is 1. The number of likely N-dealkylation sites (tertiary alicyclic amines) is 1. The zero-order chi connectivity index (χ0) is 13.8. The van der Waals surface area contributed by atoms with Gasteiger partial charge in [0.1, 0.15) is 0 Å². The predicted molar refractivity (Wildman–Crippen MR) is 66.0 cm³/mol. The van der Waals surface area contributed by atoms with Crippen LogP contribution < -0.4 is 0 Å². The van der Waals surface area contributed by atoms with Crippen LogP contribution in [0.5, 0.6) is 0 Å². The van der Waals surface area contributed by atoms with Gasteiger partial charge in [-0.25, -0.2) is 4.79 Å². The minimum absolute atomic E-state index is 0.0131. The fraction of sp³-hybridized carbons (Fsp3) is 0.583. The molecule has 104 valence electrons. The molecule has 0 bridgehead atoms. The molecule has 1 aliphatic heterocycles. The lowest BCUT2D eigenvalue weighted by Crippen LogP contribution is -2.29. The number of H-pyrrole nitrogens is 1. The van der Waals surface area contributed by atoms with Gasteiger partial charge >= 0.3 is 5.97 Å². The summed E-state index contributed by atoms with van der Waals surface area (Å²) in [4.78, 5) is 24.4. The molecule has 0 spiro atoms. The molecule has 2 heterocycles. The van der Waals surface area contributed by atoms with Gasteiger partial charge in [-0.3, -0.25) is 9.89 Å². The number of aromatic nitrogens is 2. The molecule has 7 heteroatoms. The molecule has 0 radical (unpaired) electrons. The molecular formula is C12H17N3O4. The van der Waals surface area contributed by atoms with E-state index < -0.39 is 5.97 Å². The molecule has 1 atom stereocenters. The summed E-state index contributed by atoms with van der Waals surface area (Å²) in [7, 11) is 1.57. The van der Waals surface area contributed by atoms with Gasteiger partial charge in [0.25, 0.3) is 0 Å². The van der Waals surface area contributed by atoms with Crippen molar-refractivity contribution in [3.8, 4) is 0 Å². The van der Waals surface area contributed by atoms with Crippen molar-refractivity contribution in [2.75, 3.05) is 26.8 Å². The average Bonchev–Trinajstić information content (AvgIpc) is 3.03. The zero-order valence-corrected chi connectivity index (χ0v) is 10.8. The van der Waals surface area contributed by atoms with E-state index in [9.17, 15) is 9.59 Å². The van der Waals surface area contributed by atoms with Crippen molar-refractivity contribution in [1.82, 2.24) is 15.1 Å². The fourth-order valence-electron chi connectivity index (χ4n) is 2.24. The Hall–Kier alpha value is -1.89. The van der Waals surface area contributed by atoms with Crippen molar-refractivity contribution in [3.05, 3.63) is 17.5 Å². The van der Waals surface area contributed by atoms with Crippen LogP contribution in [0.2, 0.25) is 0 Å². The number of carbonyl (C=O) groups is 2. The van der Waals surface area contributed by atoms with Crippen LogP contribution in [-0.4, -0.2) is 58.9 Å². The lowest BCUT2D eigenvalue weighted by molar-refractivity contribution is -0.131. The smallest absolute Gasteiger partial charge is 0.356 e. The number of carboxylic acid groups (broad SMARTS) is 1. The summed E-state index contributed by atoms with van der Waals surface area (Å²) in [6.07, 6.45) is 1.20. The third-order valence-electron chi connectivity index (χ3n) is 3.32. The van der Waals surface area contributed by atoms with Crippen LogP contribution >= 0.6 is 0 Å². The van der Waals surface area contributed by atoms with Gasteiger partial charge in [0.2, 0.25) is 5.91 Å². The van der Waals surface area contributed by atoms with Gasteiger partial charge in [0, 0.05) is 31.8 Å². The Morgan fingerprint density at radius 3 is 3.05 bits per heavy atom. The quantitative estimate of drug-likeness (QED) is 0.808. The summed E-state index contributed by atoms with van der Waals surface area (Å²) in [5.74, 6) is -0.844. The van der Waals surface area contributed by atoms with E-state index in [2.05, 4.69) is 10.2 Å². The van der Waals surface area contributed by atoms with E-state index in [1.165, 1.54) is 6.07 Å². The molecule has 1 saturated heterocycles. The van der Waals surface area contributed by atoms with Crippen molar-refractivity contribution in [1.29, 1.82) is 0 Å². The van der Waals surface area contributed by atoms with Gasteiger partial charge in [0.05, 0.1) is 13.0 Å². The largest absolute Gasteiger partial charge is 0.476 e. The Morgan fingerprint density at radius 2 is 2.42 bits per heavy atom. The van der Waals surface area contributed by atoms with Crippen LogP contribution in [0.25, 0.3) is 0 Å². The Kier molecular flexibility index (Phi) is 4.16. The predicted octanol–water partition coefficient (Wildman–Crippen LogP) is 0.460. The molecule has 1 unspecified atom stereocenters. The second-order valence-corrected chi connectivity index (χ2v) is 4.58. The van der Waals surface area contributed by atoms with E-state index in [1.54, 1.807) is 12.0 Å². The summed E-state index contributed by atoms with van der Waals surface area (Å²) in [6.45, 7) is 1.71. The van der Waals surface area contributed by atoms with Crippen molar-refractivity contribution in [2.24, 2.45) is 0 Å². The van der Waals surface area contributed by atoms with Crippen LogP contribution in [0.1, 0.15) is 34.9 Å². The minimum atomic E-state index is -1.05. The standard InChI is InChI=1S/C12H17N3O4/c1-19-5-3-11(16)15-4-2-8(7-15)9-6-10(12(17)18)14-13-9/h6,8H,2-5,7H2,1H3,(H,13,14)(H,17,18). The summed E-state index contributed by atoms with van der Waals surface area (Å²) in [5.41, 5.74) is 0.790. The Balaban J connectivity index is 1.93. The third-order valence-corrected chi connectivity index (χ3v) is 3.32. The summed E-state index contributed by atoms with van der Waals surface area (Å²) in [5, 5.41) is 15.3. The molecule has 0 aromatic carbocycles. The Bertz CT molecular complexity index is 471. The molecule has 1 amide bonds. The van der Waals surface area contributed by atoms with Gasteiger partial charge in [-0.15, -0.1) is 0 Å². The molecule has 0 saturated carbocycles. The highest BCUT2D eigenvalue weighted by molar-refractivity contribution is 5.85. The van der Waals surface area contributed by atoms with Crippen LogP contribution in [0.3, 0.4) is 0 Å². The first-order valence-corrected chi connectivity index (χ1v) is 6.17. The molecule has 2 rings (SSSR count). The molecule has 2 N–H and O–H groups in total. The van der Waals surface area contributed by atoms with Gasteiger partial charge in [-0.1, -0.05) is 0 Å². The molecule has 1 aliphatic rings. The van der Waals surface area contributed by atoms with E-state index in [0.717, 1.165) is 12.1 Å². The minimum Gasteiger partial charge on any atom is -0.476 e. The number of carbonyl (C=O) groups excluding carboxylic acids is 1. The van der Waals surface area contributed by atoms with Crippen molar-refractivity contribution in [3.63, 3.8) is 0 Å². The van der Waals surface area contributed by atoms with Crippen LogP contribution in [0.4, 0.5) is 0 Å². The number of rotatable bonds is 5. The first-order valence-electron chi connectivity index (χ1n) is 6.17. The molecule has 7 nitrogen and oxygen atoms in total. The van der Waals surface area contributed by atoms with E-state index in [-0.39, 0.29) is 17.5 Å². The van der Waals surface area contributed by atoms with Gasteiger partial charge in [0.15, 0.2) is 5.69 Å². The van der Waals surface area contributed by atoms with Crippen LogP contribution in [0, 0.1) is 0 Å². The van der Waals surface area contributed by atoms with E-state index in [4.69, 9.17) is 9.84 Å². The van der Waals surface area contributed by atoms with Crippen molar-refractivity contribution in [2.45, 2.75) is 18.8 Å². The molecule has 1 fully saturated rings. The molecule has 1 aromatic heterocycles. The highest BCUT2D eigenvalue weighted by atomic mass is 16.5. The molecule has 19 heavy (non-hydrogen) atoms.